The Balaban J connectivity index is 2.17. The van der Waals surface area contributed by atoms with Crippen molar-refractivity contribution in [2.75, 3.05) is 5.32 Å². The van der Waals surface area contributed by atoms with E-state index in [0.717, 1.165) is 5.56 Å². The number of non-ortho nitro benzene ring substituents is 1. The van der Waals surface area contributed by atoms with Crippen molar-refractivity contribution in [1.29, 1.82) is 0 Å². The first-order valence-electron chi connectivity index (χ1n) is 5.86. The average molecular weight is 258 g/mol. The van der Waals surface area contributed by atoms with Gasteiger partial charge >= 0.3 is 0 Å². The average Bonchev–Trinajstić information content (AvgIpc) is 2.39. The van der Waals surface area contributed by atoms with Crippen LogP contribution in [0.2, 0.25) is 0 Å². The Morgan fingerprint density at radius 1 is 1.21 bits per heavy atom. The van der Waals surface area contributed by atoms with Gasteiger partial charge in [0.05, 0.1) is 4.92 Å². The van der Waals surface area contributed by atoms with E-state index in [0.29, 0.717) is 5.69 Å². The number of anilines is 1. The van der Waals surface area contributed by atoms with Crippen LogP contribution in [-0.2, 0) is 0 Å². The summed E-state index contributed by atoms with van der Waals surface area (Å²) < 4.78 is 0. The van der Waals surface area contributed by atoms with Crippen molar-refractivity contribution in [3.05, 3.63) is 64.2 Å². The minimum Gasteiger partial charge on any atom is -0.508 e. The quantitative estimate of drug-likeness (QED) is 0.650. The molecule has 0 aromatic heterocycles. The smallest absolute Gasteiger partial charge is 0.271 e. The van der Waals surface area contributed by atoms with Gasteiger partial charge in [0, 0.05) is 23.9 Å². The van der Waals surface area contributed by atoms with Gasteiger partial charge in [-0.05, 0) is 30.7 Å². The molecular formula is C14H14N2O3. The molecule has 5 nitrogen and oxygen atoms in total. The molecule has 0 saturated carbocycles. The third-order valence-corrected chi connectivity index (χ3v) is 2.81. The Morgan fingerprint density at radius 2 is 1.95 bits per heavy atom. The molecule has 0 radical (unpaired) electrons. The van der Waals surface area contributed by atoms with E-state index in [1.54, 1.807) is 30.3 Å². The van der Waals surface area contributed by atoms with Crippen LogP contribution >= 0.6 is 0 Å². The monoisotopic (exact) mass is 258 g/mol. The largest absolute Gasteiger partial charge is 0.508 e. The minimum absolute atomic E-state index is 0.0492. The summed E-state index contributed by atoms with van der Waals surface area (Å²) in [7, 11) is 0. The van der Waals surface area contributed by atoms with Gasteiger partial charge in [-0.2, -0.15) is 0 Å². The fourth-order valence-corrected chi connectivity index (χ4v) is 1.84. The number of benzene rings is 2. The van der Waals surface area contributed by atoms with E-state index >= 15 is 0 Å². The maximum atomic E-state index is 10.7. The lowest BCUT2D eigenvalue weighted by atomic mass is 10.1. The maximum Gasteiger partial charge on any atom is 0.271 e. The fourth-order valence-electron chi connectivity index (χ4n) is 1.84. The highest BCUT2D eigenvalue weighted by molar-refractivity contribution is 5.52. The number of hydrogen-bond acceptors (Lipinski definition) is 4. The summed E-state index contributed by atoms with van der Waals surface area (Å²) in [5.41, 5.74) is 1.63. The molecule has 2 aromatic carbocycles. The van der Waals surface area contributed by atoms with Crippen LogP contribution in [0.1, 0.15) is 18.5 Å². The maximum absolute atomic E-state index is 10.7. The minimum atomic E-state index is -0.426. The van der Waals surface area contributed by atoms with E-state index < -0.39 is 4.92 Å². The van der Waals surface area contributed by atoms with E-state index in [9.17, 15) is 15.2 Å². The number of phenols is 1. The number of hydrogen-bond donors (Lipinski definition) is 2. The van der Waals surface area contributed by atoms with Crippen molar-refractivity contribution < 1.29 is 10.0 Å². The first-order valence-corrected chi connectivity index (χ1v) is 5.86. The number of nitro benzene ring substituents is 1. The lowest BCUT2D eigenvalue weighted by Gasteiger charge is -2.15. The van der Waals surface area contributed by atoms with Gasteiger partial charge in [-0.25, -0.2) is 0 Å². The number of nitro groups is 1. The summed E-state index contributed by atoms with van der Waals surface area (Å²) in [5, 5.41) is 23.3. The SMILES string of the molecule is CC(Nc1cccc([N+](=O)[O-])c1)c1cccc(O)c1. The summed E-state index contributed by atoms with van der Waals surface area (Å²) in [6.45, 7) is 1.92. The number of nitrogens with one attached hydrogen (secondary N) is 1. The zero-order chi connectivity index (χ0) is 13.8. The standard InChI is InChI=1S/C14H14N2O3/c1-10(11-4-2-7-14(17)8-11)15-12-5-3-6-13(9-12)16(18)19/h2-10,15,17H,1H3. The molecule has 5 heteroatoms. The molecule has 2 aromatic rings. The Kier molecular flexibility index (Phi) is 3.66. The van der Waals surface area contributed by atoms with Crippen LogP contribution in [0.5, 0.6) is 5.75 Å². The zero-order valence-corrected chi connectivity index (χ0v) is 10.4. The van der Waals surface area contributed by atoms with E-state index in [4.69, 9.17) is 0 Å². The second kappa shape index (κ2) is 5.39. The summed E-state index contributed by atoms with van der Waals surface area (Å²) >= 11 is 0. The molecule has 0 aliphatic carbocycles. The molecule has 98 valence electrons. The van der Waals surface area contributed by atoms with Gasteiger partial charge in [0.2, 0.25) is 0 Å². The predicted octanol–water partition coefficient (Wildman–Crippen LogP) is 3.47. The van der Waals surface area contributed by atoms with Crippen molar-refractivity contribution in [3.63, 3.8) is 0 Å². The highest BCUT2D eigenvalue weighted by atomic mass is 16.6. The number of rotatable bonds is 4. The molecule has 0 heterocycles. The van der Waals surface area contributed by atoms with Gasteiger partial charge in [-0.1, -0.05) is 18.2 Å². The van der Waals surface area contributed by atoms with E-state index in [1.165, 1.54) is 12.1 Å². The molecule has 0 spiro atoms. The third kappa shape index (κ3) is 3.22. The number of nitrogens with zero attached hydrogens (tertiary/aromatic N) is 1. The second-order valence-corrected chi connectivity index (χ2v) is 4.27. The summed E-state index contributed by atoms with van der Waals surface area (Å²) in [4.78, 5) is 10.3. The molecule has 2 rings (SSSR count). The van der Waals surface area contributed by atoms with Crippen molar-refractivity contribution >= 4 is 11.4 Å². The van der Waals surface area contributed by atoms with E-state index in [-0.39, 0.29) is 17.5 Å². The zero-order valence-electron chi connectivity index (χ0n) is 10.4. The van der Waals surface area contributed by atoms with Gasteiger partial charge in [-0.3, -0.25) is 10.1 Å². The lowest BCUT2D eigenvalue weighted by Crippen LogP contribution is -2.06. The highest BCUT2D eigenvalue weighted by Crippen LogP contribution is 2.24. The fraction of sp³-hybridized carbons (Fsp3) is 0.143. The van der Waals surface area contributed by atoms with Crippen LogP contribution in [0.3, 0.4) is 0 Å². The second-order valence-electron chi connectivity index (χ2n) is 4.27. The Labute approximate surface area is 110 Å². The van der Waals surface area contributed by atoms with Crippen molar-refractivity contribution in [2.45, 2.75) is 13.0 Å². The van der Waals surface area contributed by atoms with Crippen molar-refractivity contribution in [2.24, 2.45) is 0 Å². The summed E-state index contributed by atoms with van der Waals surface area (Å²) in [6, 6.07) is 13.2. The highest BCUT2D eigenvalue weighted by Gasteiger charge is 2.09. The predicted molar refractivity (Wildman–Crippen MR) is 73.2 cm³/mol. The van der Waals surface area contributed by atoms with Crippen LogP contribution in [0.15, 0.2) is 48.5 Å². The Morgan fingerprint density at radius 3 is 2.63 bits per heavy atom. The third-order valence-electron chi connectivity index (χ3n) is 2.81. The van der Waals surface area contributed by atoms with Crippen molar-refractivity contribution in [1.82, 2.24) is 0 Å². The van der Waals surface area contributed by atoms with Crippen LogP contribution in [0.4, 0.5) is 11.4 Å². The lowest BCUT2D eigenvalue weighted by molar-refractivity contribution is -0.384. The van der Waals surface area contributed by atoms with Gasteiger partial charge in [0.15, 0.2) is 0 Å². The molecule has 1 unspecified atom stereocenters. The topological polar surface area (TPSA) is 75.4 Å². The molecule has 0 amide bonds. The van der Waals surface area contributed by atoms with Gasteiger partial charge < -0.3 is 10.4 Å². The number of aromatic hydroxyl groups is 1. The van der Waals surface area contributed by atoms with Gasteiger partial charge in [0.25, 0.3) is 5.69 Å². The van der Waals surface area contributed by atoms with Crippen molar-refractivity contribution in [3.8, 4) is 5.75 Å². The molecule has 0 fully saturated rings. The Bertz CT molecular complexity index is 599. The first-order chi connectivity index (χ1) is 9.06. The first kappa shape index (κ1) is 12.9. The summed E-state index contributed by atoms with van der Waals surface area (Å²) in [6.07, 6.45) is 0. The van der Waals surface area contributed by atoms with Gasteiger partial charge in [-0.15, -0.1) is 0 Å². The number of phenolic OH excluding ortho intramolecular Hbond substituents is 1. The molecule has 0 bridgehead atoms. The van der Waals surface area contributed by atoms with Crippen LogP contribution < -0.4 is 5.32 Å². The molecule has 0 aliphatic rings. The molecular weight excluding hydrogens is 244 g/mol. The van der Waals surface area contributed by atoms with Crippen LogP contribution in [0, 0.1) is 10.1 Å². The molecule has 2 N–H and O–H groups in total. The molecule has 1 atom stereocenters. The normalized spacial score (nSPS) is 11.8. The summed E-state index contributed by atoms with van der Waals surface area (Å²) in [5.74, 6) is 0.199. The molecule has 0 saturated heterocycles. The van der Waals surface area contributed by atoms with E-state index in [1.807, 2.05) is 13.0 Å². The van der Waals surface area contributed by atoms with Crippen LogP contribution in [-0.4, -0.2) is 10.0 Å². The van der Waals surface area contributed by atoms with Gasteiger partial charge in [0.1, 0.15) is 5.75 Å². The van der Waals surface area contributed by atoms with E-state index in [2.05, 4.69) is 5.32 Å². The Hall–Kier alpha value is -2.56. The molecule has 19 heavy (non-hydrogen) atoms. The van der Waals surface area contributed by atoms with Crippen LogP contribution in [0.25, 0.3) is 0 Å². The molecule has 0 aliphatic heterocycles.